The summed E-state index contributed by atoms with van der Waals surface area (Å²) in [5.74, 6) is 0.501. The van der Waals surface area contributed by atoms with Crippen LogP contribution >= 0.6 is 0 Å². The number of anilines is 1. The summed E-state index contributed by atoms with van der Waals surface area (Å²) in [6.07, 6.45) is 2.11. The molecule has 4 rings (SSSR count). The zero-order valence-corrected chi connectivity index (χ0v) is 18.2. The molecule has 2 aromatic carbocycles. The van der Waals surface area contributed by atoms with Crippen LogP contribution in [0, 0.1) is 5.92 Å². The Balaban J connectivity index is 1.41. The second-order valence-corrected chi connectivity index (χ2v) is 8.39. The average molecular weight is 421 g/mol. The number of carbonyl (C=O) groups excluding carboxylic acids is 2. The van der Waals surface area contributed by atoms with Crippen molar-refractivity contribution >= 4 is 28.5 Å². The predicted molar refractivity (Wildman–Crippen MR) is 120 cm³/mol. The molecule has 1 aliphatic heterocycles. The molecule has 0 saturated carbocycles. The van der Waals surface area contributed by atoms with E-state index in [4.69, 9.17) is 4.74 Å². The largest absolute Gasteiger partial charge is 0.427 e. The molecule has 2 heterocycles. The Labute approximate surface area is 182 Å². The summed E-state index contributed by atoms with van der Waals surface area (Å²) in [5.41, 5.74) is 2.69. The summed E-state index contributed by atoms with van der Waals surface area (Å²) in [6, 6.07) is 13.1. The third-order valence-electron chi connectivity index (χ3n) is 5.36. The molecule has 1 aromatic heterocycles. The SMILES string of the molecule is CC(=O)Oc1cccc(C(=O)N2CCN(c3ccc4nn(CC(C)C)cc4c3)CC2)c1. The van der Waals surface area contributed by atoms with Crippen LogP contribution in [0.2, 0.25) is 0 Å². The zero-order chi connectivity index (χ0) is 22.0. The van der Waals surface area contributed by atoms with Gasteiger partial charge in [0.1, 0.15) is 5.75 Å². The highest BCUT2D eigenvalue weighted by Crippen LogP contribution is 2.24. The maximum atomic E-state index is 12.9. The molecule has 1 fully saturated rings. The van der Waals surface area contributed by atoms with Crippen LogP contribution in [0.4, 0.5) is 5.69 Å². The van der Waals surface area contributed by atoms with E-state index in [-0.39, 0.29) is 5.91 Å². The Morgan fingerprint density at radius 1 is 1.06 bits per heavy atom. The van der Waals surface area contributed by atoms with Crippen molar-refractivity contribution in [2.24, 2.45) is 5.92 Å². The van der Waals surface area contributed by atoms with Crippen LogP contribution in [0.3, 0.4) is 0 Å². The number of benzene rings is 2. The number of carbonyl (C=O) groups is 2. The van der Waals surface area contributed by atoms with Crippen molar-refractivity contribution in [3.8, 4) is 5.75 Å². The number of fused-ring (bicyclic) bond motifs is 1. The summed E-state index contributed by atoms with van der Waals surface area (Å²) in [4.78, 5) is 28.2. The maximum Gasteiger partial charge on any atom is 0.308 e. The second-order valence-electron chi connectivity index (χ2n) is 8.39. The molecule has 1 aliphatic rings. The molecule has 7 heteroatoms. The summed E-state index contributed by atoms with van der Waals surface area (Å²) in [5, 5.41) is 5.78. The quantitative estimate of drug-likeness (QED) is 0.466. The van der Waals surface area contributed by atoms with Crippen LogP contribution < -0.4 is 9.64 Å². The molecule has 3 aromatic rings. The van der Waals surface area contributed by atoms with Gasteiger partial charge in [0.2, 0.25) is 0 Å². The molecule has 1 amide bonds. The van der Waals surface area contributed by atoms with E-state index >= 15 is 0 Å². The summed E-state index contributed by atoms with van der Waals surface area (Å²) in [7, 11) is 0. The Hall–Kier alpha value is -3.35. The van der Waals surface area contributed by atoms with Crippen molar-refractivity contribution in [1.82, 2.24) is 14.7 Å². The van der Waals surface area contributed by atoms with E-state index in [2.05, 4.69) is 48.2 Å². The normalized spacial score (nSPS) is 14.3. The number of amides is 1. The van der Waals surface area contributed by atoms with E-state index in [1.807, 2.05) is 9.58 Å². The number of piperazine rings is 1. The van der Waals surface area contributed by atoms with E-state index in [0.29, 0.717) is 30.3 Å². The van der Waals surface area contributed by atoms with Gasteiger partial charge in [0.15, 0.2) is 0 Å². The molecule has 0 spiro atoms. The number of esters is 1. The number of aromatic nitrogens is 2. The fraction of sp³-hybridized carbons (Fsp3) is 0.375. The number of hydrogen-bond acceptors (Lipinski definition) is 5. The Bertz CT molecular complexity index is 1100. The predicted octanol–water partition coefficient (Wildman–Crippen LogP) is 3.58. The lowest BCUT2D eigenvalue weighted by atomic mass is 10.1. The first-order chi connectivity index (χ1) is 14.9. The van der Waals surface area contributed by atoms with Gasteiger partial charge >= 0.3 is 5.97 Å². The van der Waals surface area contributed by atoms with E-state index < -0.39 is 5.97 Å². The first-order valence-electron chi connectivity index (χ1n) is 10.7. The maximum absolute atomic E-state index is 12.9. The molecule has 162 valence electrons. The summed E-state index contributed by atoms with van der Waals surface area (Å²) in [6.45, 7) is 9.44. The van der Waals surface area contributed by atoms with Crippen molar-refractivity contribution in [2.75, 3.05) is 31.1 Å². The zero-order valence-electron chi connectivity index (χ0n) is 18.2. The summed E-state index contributed by atoms with van der Waals surface area (Å²) >= 11 is 0. The number of rotatable bonds is 5. The first-order valence-corrected chi connectivity index (χ1v) is 10.7. The Morgan fingerprint density at radius 2 is 1.84 bits per heavy atom. The van der Waals surface area contributed by atoms with Crippen molar-refractivity contribution in [2.45, 2.75) is 27.3 Å². The van der Waals surface area contributed by atoms with Crippen LogP contribution in [0.25, 0.3) is 10.9 Å². The van der Waals surface area contributed by atoms with Gasteiger partial charge in [-0.1, -0.05) is 19.9 Å². The molecule has 7 nitrogen and oxygen atoms in total. The van der Waals surface area contributed by atoms with Crippen LogP contribution in [0.1, 0.15) is 31.1 Å². The Kier molecular flexibility index (Phi) is 5.93. The fourth-order valence-electron chi connectivity index (χ4n) is 3.94. The van der Waals surface area contributed by atoms with Gasteiger partial charge in [-0.05, 0) is 42.3 Å². The minimum absolute atomic E-state index is 0.0425. The third kappa shape index (κ3) is 4.87. The minimum Gasteiger partial charge on any atom is -0.427 e. The van der Waals surface area contributed by atoms with Gasteiger partial charge < -0.3 is 14.5 Å². The van der Waals surface area contributed by atoms with Gasteiger partial charge in [-0.15, -0.1) is 0 Å². The van der Waals surface area contributed by atoms with Crippen molar-refractivity contribution in [3.05, 3.63) is 54.2 Å². The molecule has 0 aliphatic carbocycles. The molecule has 0 radical (unpaired) electrons. The Morgan fingerprint density at radius 3 is 2.55 bits per heavy atom. The standard InChI is InChI=1S/C24H28N4O3/c1-17(2)15-28-16-20-13-21(7-8-23(20)25-28)26-9-11-27(12-10-26)24(30)19-5-4-6-22(14-19)31-18(3)29/h4-8,13-14,16-17H,9-12,15H2,1-3H3. The topological polar surface area (TPSA) is 67.7 Å². The van der Waals surface area contributed by atoms with Crippen molar-refractivity contribution in [1.29, 1.82) is 0 Å². The van der Waals surface area contributed by atoms with Crippen LogP contribution in [0.15, 0.2) is 48.7 Å². The van der Waals surface area contributed by atoms with Crippen molar-refractivity contribution in [3.63, 3.8) is 0 Å². The second kappa shape index (κ2) is 8.79. The molecule has 0 atom stereocenters. The van der Waals surface area contributed by atoms with Gasteiger partial charge in [0.25, 0.3) is 5.91 Å². The summed E-state index contributed by atoms with van der Waals surface area (Å²) < 4.78 is 7.11. The number of hydrogen-bond donors (Lipinski definition) is 0. The number of ether oxygens (including phenoxy) is 1. The lowest BCUT2D eigenvalue weighted by Gasteiger charge is -2.36. The van der Waals surface area contributed by atoms with E-state index in [9.17, 15) is 9.59 Å². The van der Waals surface area contributed by atoms with Crippen LogP contribution in [-0.4, -0.2) is 52.7 Å². The van der Waals surface area contributed by atoms with Gasteiger partial charge in [-0.25, -0.2) is 0 Å². The van der Waals surface area contributed by atoms with Crippen LogP contribution in [-0.2, 0) is 11.3 Å². The lowest BCUT2D eigenvalue weighted by Crippen LogP contribution is -2.48. The minimum atomic E-state index is -0.398. The monoisotopic (exact) mass is 420 g/mol. The van der Waals surface area contributed by atoms with E-state index in [1.54, 1.807) is 24.3 Å². The first kappa shape index (κ1) is 20.9. The molecule has 0 bridgehead atoms. The highest BCUT2D eigenvalue weighted by Gasteiger charge is 2.23. The smallest absolute Gasteiger partial charge is 0.308 e. The molecule has 31 heavy (non-hydrogen) atoms. The highest BCUT2D eigenvalue weighted by atomic mass is 16.5. The lowest BCUT2D eigenvalue weighted by molar-refractivity contribution is -0.131. The van der Waals surface area contributed by atoms with Gasteiger partial charge in [0, 0.05) is 62.5 Å². The van der Waals surface area contributed by atoms with E-state index in [1.165, 1.54) is 6.92 Å². The van der Waals surface area contributed by atoms with Crippen LogP contribution in [0.5, 0.6) is 5.75 Å². The molecule has 0 unspecified atom stereocenters. The van der Waals surface area contributed by atoms with Gasteiger partial charge in [-0.3, -0.25) is 14.3 Å². The van der Waals surface area contributed by atoms with Gasteiger partial charge in [0.05, 0.1) is 5.52 Å². The van der Waals surface area contributed by atoms with E-state index in [0.717, 1.165) is 36.2 Å². The molecule has 1 saturated heterocycles. The van der Waals surface area contributed by atoms with Crippen molar-refractivity contribution < 1.29 is 14.3 Å². The molecule has 0 N–H and O–H groups in total. The third-order valence-corrected chi connectivity index (χ3v) is 5.36. The van der Waals surface area contributed by atoms with Gasteiger partial charge in [-0.2, -0.15) is 5.10 Å². The highest BCUT2D eigenvalue weighted by molar-refractivity contribution is 5.95. The fourth-order valence-corrected chi connectivity index (χ4v) is 3.94. The number of nitrogens with zero attached hydrogens (tertiary/aromatic N) is 4. The average Bonchev–Trinajstić information content (AvgIpc) is 3.13. The molecular weight excluding hydrogens is 392 g/mol. The molecular formula is C24H28N4O3.